The molecule has 172 valence electrons. The van der Waals surface area contributed by atoms with E-state index in [1.54, 1.807) is 0 Å². The Morgan fingerprint density at radius 1 is 1.00 bits per heavy atom. The first kappa shape index (κ1) is 23.1. The molecule has 1 aliphatic heterocycles. The number of rotatable bonds is 5. The third-order valence-corrected chi connectivity index (χ3v) is 6.39. The highest BCUT2D eigenvalue weighted by atomic mass is 16.5. The zero-order valence-electron chi connectivity index (χ0n) is 20.3. The molecule has 0 spiro atoms. The Morgan fingerprint density at radius 3 is 2.61 bits per heavy atom. The molecule has 1 amide bonds. The van der Waals surface area contributed by atoms with Crippen LogP contribution in [0, 0.1) is 19.8 Å². The molecule has 3 aromatic carbocycles. The number of hydrogen-bond acceptors (Lipinski definition) is 2. The summed E-state index contributed by atoms with van der Waals surface area (Å²) in [5, 5.41) is 3.37. The van der Waals surface area contributed by atoms with E-state index in [2.05, 4.69) is 56.4 Å². The second-order valence-corrected chi connectivity index (χ2v) is 9.81. The van der Waals surface area contributed by atoms with Crippen molar-refractivity contribution in [2.75, 3.05) is 0 Å². The molecule has 1 N–H and O–H groups in total. The average Bonchev–Trinajstić information content (AvgIpc) is 2.79. The van der Waals surface area contributed by atoms with Crippen molar-refractivity contribution < 1.29 is 9.53 Å². The van der Waals surface area contributed by atoms with Gasteiger partial charge in [-0.2, -0.15) is 0 Å². The first-order valence-corrected chi connectivity index (χ1v) is 12.1. The number of benzene rings is 3. The Bertz CT molecular complexity index is 1130. The summed E-state index contributed by atoms with van der Waals surface area (Å²) in [4.78, 5) is 13.5. The number of para-hydroxylation sites is 1. The average molecular weight is 442 g/mol. The summed E-state index contributed by atoms with van der Waals surface area (Å²) in [7, 11) is 0. The van der Waals surface area contributed by atoms with Gasteiger partial charge >= 0.3 is 0 Å². The lowest BCUT2D eigenvalue weighted by atomic mass is 9.93. The van der Waals surface area contributed by atoms with E-state index in [9.17, 15) is 4.79 Å². The van der Waals surface area contributed by atoms with Gasteiger partial charge in [-0.15, -0.1) is 0 Å². The van der Waals surface area contributed by atoms with E-state index in [1.165, 1.54) is 16.7 Å². The molecule has 0 fully saturated rings. The van der Waals surface area contributed by atoms with Gasteiger partial charge in [-0.1, -0.05) is 67.9 Å². The lowest BCUT2D eigenvalue weighted by Gasteiger charge is -2.23. The number of ether oxygens (including phenoxy) is 1. The molecule has 4 rings (SSSR count). The molecule has 0 radical (unpaired) electrons. The number of amides is 1. The number of carbonyl (C=O) groups is 1. The Morgan fingerprint density at radius 2 is 1.82 bits per heavy atom. The van der Waals surface area contributed by atoms with Crippen LogP contribution in [0.3, 0.4) is 0 Å². The molecular weight excluding hydrogens is 406 g/mol. The molecule has 0 aliphatic carbocycles. The standard InChI is InChI=1S/C30H35NO2/c1-20(2)14-28-26-16-21(3)15-23(17-26)9-7-10-25-13-12-24(18-27(25)30(32)31-28)19-33-29-11-6-5-8-22(29)4/h5-6,8,11-13,15-18,20,28H,7,9-10,14,19H2,1-4H3,(H,31,32). The number of carbonyl (C=O) groups excluding carboxylic acids is 1. The SMILES string of the molecule is Cc1cc2cc(c1)C(CC(C)C)NC(=O)c1cc(COc3ccccc3C)ccc1CCC2. The van der Waals surface area contributed by atoms with Crippen LogP contribution in [0.2, 0.25) is 0 Å². The molecule has 1 atom stereocenters. The number of aryl methyl sites for hydroxylation is 4. The zero-order valence-corrected chi connectivity index (χ0v) is 20.3. The monoisotopic (exact) mass is 441 g/mol. The number of nitrogens with one attached hydrogen (secondary N) is 1. The highest BCUT2D eigenvalue weighted by Gasteiger charge is 2.21. The summed E-state index contributed by atoms with van der Waals surface area (Å²) in [6.45, 7) is 9.06. The van der Waals surface area contributed by atoms with Crippen molar-refractivity contribution in [1.82, 2.24) is 5.32 Å². The quantitative estimate of drug-likeness (QED) is 0.468. The summed E-state index contributed by atoms with van der Waals surface area (Å²) < 4.78 is 6.06. The van der Waals surface area contributed by atoms with Gasteiger partial charge in [0.25, 0.3) is 5.91 Å². The van der Waals surface area contributed by atoms with E-state index in [4.69, 9.17) is 4.74 Å². The Kier molecular flexibility index (Phi) is 7.17. The maximum atomic E-state index is 13.5. The van der Waals surface area contributed by atoms with Crippen molar-refractivity contribution in [3.63, 3.8) is 0 Å². The maximum absolute atomic E-state index is 13.5. The Labute approximate surface area is 198 Å². The van der Waals surface area contributed by atoms with Crippen molar-refractivity contribution in [2.45, 2.75) is 66.0 Å². The number of hydrogen-bond donors (Lipinski definition) is 1. The van der Waals surface area contributed by atoms with E-state index >= 15 is 0 Å². The van der Waals surface area contributed by atoms with E-state index in [1.807, 2.05) is 37.3 Å². The maximum Gasteiger partial charge on any atom is 0.252 e. The zero-order chi connectivity index (χ0) is 23.4. The third-order valence-electron chi connectivity index (χ3n) is 6.39. The fourth-order valence-electron chi connectivity index (χ4n) is 4.73. The molecule has 1 aliphatic rings. The van der Waals surface area contributed by atoms with Crippen LogP contribution >= 0.6 is 0 Å². The summed E-state index contributed by atoms with van der Waals surface area (Å²) in [5.41, 5.74) is 7.86. The van der Waals surface area contributed by atoms with E-state index in [0.29, 0.717) is 12.5 Å². The molecule has 0 saturated heterocycles. The first-order valence-electron chi connectivity index (χ1n) is 12.1. The topological polar surface area (TPSA) is 38.3 Å². The van der Waals surface area contributed by atoms with Gasteiger partial charge in [-0.05, 0) is 85.4 Å². The van der Waals surface area contributed by atoms with Crippen molar-refractivity contribution in [1.29, 1.82) is 0 Å². The molecule has 1 heterocycles. The predicted molar refractivity (Wildman–Crippen MR) is 135 cm³/mol. The van der Waals surface area contributed by atoms with Crippen LogP contribution in [0.5, 0.6) is 5.75 Å². The molecule has 33 heavy (non-hydrogen) atoms. The number of fused-ring (bicyclic) bond motifs is 3. The molecular formula is C30H35NO2. The summed E-state index contributed by atoms with van der Waals surface area (Å²) >= 11 is 0. The smallest absolute Gasteiger partial charge is 0.252 e. The van der Waals surface area contributed by atoms with E-state index < -0.39 is 0 Å². The molecule has 1 unspecified atom stereocenters. The molecule has 2 bridgehead atoms. The molecule has 3 heteroatoms. The van der Waals surface area contributed by atoms with Crippen molar-refractivity contribution in [2.24, 2.45) is 5.92 Å². The molecule has 3 nitrogen and oxygen atoms in total. The fourth-order valence-corrected chi connectivity index (χ4v) is 4.73. The largest absolute Gasteiger partial charge is 0.489 e. The van der Waals surface area contributed by atoms with Crippen LogP contribution in [-0.4, -0.2) is 5.91 Å². The van der Waals surface area contributed by atoms with Crippen LogP contribution in [-0.2, 0) is 19.4 Å². The van der Waals surface area contributed by atoms with Gasteiger partial charge < -0.3 is 10.1 Å². The molecule has 0 saturated carbocycles. The van der Waals surface area contributed by atoms with Gasteiger partial charge in [0.15, 0.2) is 0 Å². The Balaban J connectivity index is 1.63. The van der Waals surface area contributed by atoms with Gasteiger partial charge in [0, 0.05) is 5.56 Å². The van der Waals surface area contributed by atoms with Crippen LogP contribution < -0.4 is 10.1 Å². The minimum absolute atomic E-state index is 0.00831. The lowest BCUT2D eigenvalue weighted by Crippen LogP contribution is -2.30. The van der Waals surface area contributed by atoms with Gasteiger partial charge in [0.05, 0.1) is 6.04 Å². The minimum Gasteiger partial charge on any atom is -0.489 e. The van der Waals surface area contributed by atoms with Gasteiger partial charge in [0.2, 0.25) is 0 Å². The minimum atomic E-state index is 0.00831. The van der Waals surface area contributed by atoms with Crippen LogP contribution in [0.25, 0.3) is 0 Å². The highest BCUT2D eigenvalue weighted by Crippen LogP contribution is 2.27. The molecule has 3 aromatic rings. The van der Waals surface area contributed by atoms with Crippen molar-refractivity contribution in [3.05, 3.63) is 99.6 Å². The summed E-state index contributed by atoms with van der Waals surface area (Å²) in [6.07, 6.45) is 3.85. The first-order chi connectivity index (χ1) is 15.9. The van der Waals surface area contributed by atoms with Gasteiger partial charge in [-0.3, -0.25) is 4.79 Å². The van der Waals surface area contributed by atoms with Crippen molar-refractivity contribution >= 4 is 5.91 Å². The fraction of sp³-hybridized carbons (Fsp3) is 0.367. The lowest BCUT2D eigenvalue weighted by molar-refractivity contribution is 0.0931. The Hall–Kier alpha value is -3.07. The highest BCUT2D eigenvalue weighted by molar-refractivity contribution is 5.96. The van der Waals surface area contributed by atoms with Gasteiger partial charge in [0.1, 0.15) is 12.4 Å². The van der Waals surface area contributed by atoms with E-state index in [0.717, 1.165) is 53.7 Å². The molecule has 0 aromatic heterocycles. The second-order valence-electron chi connectivity index (χ2n) is 9.81. The summed E-state index contributed by atoms with van der Waals surface area (Å²) in [6, 6.07) is 21.1. The predicted octanol–water partition coefficient (Wildman–Crippen LogP) is 6.89. The normalized spacial score (nSPS) is 16.0. The van der Waals surface area contributed by atoms with Gasteiger partial charge in [-0.25, -0.2) is 0 Å². The van der Waals surface area contributed by atoms with Crippen LogP contribution in [0.15, 0.2) is 60.7 Å². The summed E-state index contributed by atoms with van der Waals surface area (Å²) in [5.74, 6) is 1.38. The third kappa shape index (κ3) is 5.84. The van der Waals surface area contributed by atoms with Crippen LogP contribution in [0.1, 0.15) is 76.5 Å². The van der Waals surface area contributed by atoms with Crippen molar-refractivity contribution in [3.8, 4) is 5.75 Å². The van der Waals surface area contributed by atoms with Crippen LogP contribution in [0.4, 0.5) is 0 Å². The second kappa shape index (κ2) is 10.2. The van der Waals surface area contributed by atoms with E-state index in [-0.39, 0.29) is 11.9 Å².